The highest BCUT2D eigenvalue weighted by atomic mass is 35.5. The molecule has 0 aromatic rings. The average molecular weight is 208 g/mol. The number of Topliss-reactive ketones (excluding diaryl/α,β-unsaturated/α-hetero) is 1. The van der Waals surface area contributed by atoms with Gasteiger partial charge in [0.1, 0.15) is 0 Å². The molecule has 4 heteroatoms. The number of carbonyl (C=O) groups excluding carboxylic acids is 1. The highest BCUT2D eigenvalue weighted by Gasteiger charge is 2.41. The van der Waals surface area contributed by atoms with Gasteiger partial charge in [0.15, 0.2) is 5.78 Å². The second-order valence-corrected chi connectivity index (χ2v) is 4.44. The monoisotopic (exact) mass is 207 g/mol. The third-order valence-electron chi connectivity index (χ3n) is 2.60. The number of piperidine rings is 1. The van der Waals surface area contributed by atoms with E-state index in [-0.39, 0.29) is 17.9 Å². The van der Waals surface area contributed by atoms with Crippen molar-refractivity contribution in [3.05, 3.63) is 0 Å². The fourth-order valence-electron chi connectivity index (χ4n) is 1.84. The third-order valence-corrected chi connectivity index (χ3v) is 3.79. The number of thioether (sulfide) groups is 1. The molecule has 0 saturated carbocycles. The molecule has 1 N–H and O–H groups in total. The lowest BCUT2D eigenvalue weighted by molar-refractivity contribution is -0.126. The van der Waals surface area contributed by atoms with Crippen molar-refractivity contribution in [3.8, 4) is 0 Å². The second-order valence-electron chi connectivity index (χ2n) is 3.34. The summed E-state index contributed by atoms with van der Waals surface area (Å²) < 4.78 is 0. The number of hydrogen-bond acceptors (Lipinski definition) is 3. The van der Waals surface area contributed by atoms with E-state index in [1.165, 1.54) is 0 Å². The largest absolute Gasteiger partial charge is 0.304 e. The summed E-state index contributed by atoms with van der Waals surface area (Å²) in [5, 5.41) is 3.37. The van der Waals surface area contributed by atoms with Gasteiger partial charge in [0, 0.05) is 12.2 Å². The normalized spacial score (nSPS) is 35.2. The van der Waals surface area contributed by atoms with E-state index in [9.17, 15) is 4.79 Å². The summed E-state index contributed by atoms with van der Waals surface area (Å²) in [4.78, 5) is 11.5. The van der Waals surface area contributed by atoms with E-state index < -0.39 is 0 Å². The Morgan fingerprint density at radius 1 is 1.50 bits per heavy atom. The lowest BCUT2D eigenvalue weighted by Crippen LogP contribution is -2.55. The highest BCUT2D eigenvalue weighted by Crippen LogP contribution is 2.31. The molecule has 1 unspecified atom stereocenters. The van der Waals surface area contributed by atoms with E-state index in [0.29, 0.717) is 5.78 Å². The van der Waals surface area contributed by atoms with Crippen LogP contribution in [0.5, 0.6) is 0 Å². The minimum atomic E-state index is -0.0943. The maximum absolute atomic E-state index is 11.5. The first-order valence-electron chi connectivity index (χ1n) is 4.20. The van der Waals surface area contributed by atoms with Gasteiger partial charge in [-0.2, -0.15) is 11.8 Å². The van der Waals surface area contributed by atoms with Gasteiger partial charge < -0.3 is 5.32 Å². The Bertz CT molecular complexity index is 180. The Hall–Kier alpha value is 0.270. The lowest BCUT2D eigenvalue weighted by atomic mass is 9.87. The smallest absolute Gasteiger partial charge is 0.153 e. The molecule has 2 nitrogen and oxygen atoms in total. The van der Waals surface area contributed by atoms with Gasteiger partial charge >= 0.3 is 0 Å². The van der Waals surface area contributed by atoms with Crippen molar-refractivity contribution in [3.63, 3.8) is 0 Å². The van der Waals surface area contributed by atoms with Gasteiger partial charge in [-0.05, 0) is 25.1 Å². The molecule has 2 rings (SSSR count). The SMILES string of the molecule is Cl.O=C1CCCNC12CCSC2. The topological polar surface area (TPSA) is 29.1 Å². The van der Waals surface area contributed by atoms with Crippen LogP contribution in [-0.2, 0) is 4.79 Å². The molecule has 0 amide bonds. The van der Waals surface area contributed by atoms with Crippen molar-refractivity contribution in [1.82, 2.24) is 5.32 Å². The number of rotatable bonds is 0. The van der Waals surface area contributed by atoms with E-state index >= 15 is 0 Å². The first kappa shape index (κ1) is 10.4. The predicted molar refractivity (Wildman–Crippen MR) is 54.2 cm³/mol. The van der Waals surface area contributed by atoms with Gasteiger partial charge in [-0.25, -0.2) is 0 Å². The standard InChI is InChI=1S/C8H13NOS.ClH/c10-7-2-1-4-9-8(7)3-5-11-6-8;/h9H,1-6H2;1H. The highest BCUT2D eigenvalue weighted by molar-refractivity contribution is 7.99. The quantitative estimate of drug-likeness (QED) is 0.648. The molecule has 0 bridgehead atoms. The summed E-state index contributed by atoms with van der Waals surface area (Å²) >= 11 is 1.90. The predicted octanol–water partition coefficient (Wildman–Crippen LogP) is 1.24. The molecule has 2 heterocycles. The Balaban J connectivity index is 0.000000720. The average Bonchev–Trinajstić information content (AvgIpc) is 2.46. The van der Waals surface area contributed by atoms with Gasteiger partial charge in [0.25, 0.3) is 0 Å². The number of halogens is 1. The summed E-state index contributed by atoms with van der Waals surface area (Å²) in [6.45, 7) is 1.03. The summed E-state index contributed by atoms with van der Waals surface area (Å²) in [6, 6.07) is 0. The van der Waals surface area contributed by atoms with Crippen molar-refractivity contribution in [2.75, 3.05) is 18.1 Å². The molecule has 2 saturated heterocycles. The molecular weight excluding hydrogens is 194 g/mol. The molecule has 1 spiro atoms. The Labute approximate surface area is 83.3 Å². The van der Waals surface area contributed by atoms with Gasteiger partial charge in [-0.15, -0.1) is 12.4 Å². The van der Waals surface area contributed by atoms with E-state index in [2.05, 4.69) is 5.32 Å². The van der Waals surface area contributed by atoms with Crippen LogP contribution in [0.4, 0.5) is 0 Å². The lowest BCUT2D eigenvalue weighted by Gasteiger charge is -2.32. The Kier molecular flexibility index (Phi) is 3.44. The maximum atomic E-state index is 11.5. The molecule has 0 radical (unpaired) electrons. The molecular formula is C8H14ClNOS. The Morgan fingerprint density at radius 2 is 2.33 bits per heavy atom. The fraction of sp³-hybridized carbons (Fsp3) is 0.875. The van der Waals surface area contributed by atoms with Crippen LogP contribution in [0.2, 0.25) is 0 Å². The Morgan fingerprint density at radius 3 is 2.92 bits per heavy atom. The molecule has 0 aromatic carbocycles. The molecule has 0 aliphatic carbocycles. The van der Waals surface area contributed by atoms with Crippen LogP contribution in [0, 0.1) is 0 Å². The van der Waals surface area contributed by atoms with Crippen molar-refractivity contribution in [2.24, 2.45) is 0 Å². The molecule has 2 aliphatic rings. The summed E-state index contributed by atoms with van der Waals surface area (Å²) in [5.74, 6) is 2.61. The van der Waals surface area contributed by atoms with E-state index in [1.807, 2.05) is 11.8 Å². The van der Waals surface area contributed by atoms with Gasteiger partial charge in [0.05, 0.1) is 5.54 Å². The van der Waals surface area contributed by atoms with Gasteiger partial charge in [0.2, 0.25) is 0 Å². The number of hydrogen-bond donors (Lipinski definition) is 1. The third kappa shape index (κ3) is 1.63. The van der Waals surface area contributed by atoms with E-state index in [0.717, 1.165) is 37.3 Å². The van der Waals surface area contributed by atoms with Crippen LogP contribution >= 0.6 is 24.2 Å². The number of ketones is 1. The zero-order valence-electron chi connectivity index (χ0n) is 6.97. The van der Waals surface area contributed by atoms with Crippen LogP contribution in [0.1, 0.15) is 19.3 Å². The van der Waals surface area contributed by atoms with Crippen molar-refractivity contribution < 1.29 is 4.79 Å². The van der Waals surface area contributed by atoms with E-state index in [1.54, 1.807) is 0 Å². The minimum Gasteiger partial charge on any atom is -0.304 e. The molecule has 0 aromatic heterocycles. The van der Waals surface area contributed by atoms with Gasteiger partial charge in [-0.1, -0.05) is 0 Å². The molecule has 2 fully saturated rings. The summed E-state index contributed by atoms with van der Waals surface area (Å²) in [5.41, 5.74) is -0.0943. The van der Waals surface area contributed by atoms with Gasteiger partial charge in [-0.3, -0.25) is 4.79 Å². The maximum Gasteiger partial charge on any atom is 0.153 e. The number of carbonyl (C=O) groups is 1. The molecule has 2 aliphatic heterocycles. The van der Waals surface area contributed by atoms with Crippen molar-refractivity contribution >= 4 is 30.0 Å². The molecule has 12 heavy (non-hydrogen) atoms. The minimum absolute atomic E-state index is 0. The van der Waals surface area contributed by atoms with Crippen molar-refractivity contribution in [2.45, 2.75) is 24.8 Å². The fourth-order valence-corrected chi connectivity index (χ4v) is 3.23. The van der Waals surface area contributed by atoms with Crippen molar-refractivity contribution in [1.29, 1.82) is 0 Å². The van der Waals surface area contributed by atoms with Crippen LogP contribution in [0.3, 0.4) is 0 Å². The molecule has 70 valence electrons. The second kappa shape index (κ2) is 3.99. The summed E-state index contributed by atoms with van der Waals surface area (Å²) in [7, 11) is 0. The first-order chi connectivity index (χ1) is 5.33. The zero-order chi connectivity index (χ0) is 7.73. The number of nitrogens with one attached hydrogen (secondary N) is 1. The van der Waals surface area contributed by atoms with E-state index in [4.69, 9.17) is 0 Å². The van der Waals surface area contributed by atoms with Crippen LogP contribution in [0.15, 0.2) is 0 Å². The summed E-state index contributed by atoms with van der Waals surface area (Å²) in [6.07, 6.45) is 2.88. The van der Waals surface area contributed by atoms with Crippen LogP contribution < -0.4 is 5.32 Å². The van der Waals surface area contributed by atoms with Crippen LogP contribution in [0.25, 0.3) is 0 Å². The first-order valence-corrected chi connectivity index (χ1v) is 5.35. The zero-order valence-corrected chi connectivity index (χ0v) is 8.60. The van der Waals surface area contributed by atoms with Crippen LogP contribution in [-0.4, -0.2) is 29.4 Å². The molecule has 1 atom stereocenters.